The maximum atomic E-state index is 12.6. The van der Waals surface area contributed by atoms with Crippen molar-refractivity contribution in [1.29, 1.82) is 0 Å². The molecule has 0 aliphatic heterocycles. The van der Waals surface area contributed by atoms with Crippen molar-refractivity contribution in [1.82, 2.24) is 9.19 Å². The minimum absolute atomic E-state index is 0.0489. The Morgan fingerprint density at radius 3 is 2.25 bits per heavy atom. The third-order valence-electron chi connectivity index (χ3n) is 3.35. The van der Waals surface area contributed by atoms with E-state index in [-0.39, 0.29) is 16.4 Å². The van der Waals surface area contributed by atoms with Gasteiger partial charge >= 0.3 is 0 Å². The molecule has 24 heavy (non-hydrogen) atoms. The van der Waals surface area contributed by atoms with Gasteiger partial charge in [-0.25, -0.2) is 0 Å². The van der Waals surface area contributed by atoms with Crippen LogP contribution in [0.25, 0.3) is 11.3 Å². The van der Waals surface area contributed by atoms with Gasteiger partial charge in [0.2, 0.25) is 0 Å². The predicted molar refractivity (Wildman–Crippen MR) is 87.8 cm³/mol. The molecular weight excluding hydrogens is 332 g/mol. The predicted octanol–water partition coefficient (Wildman–Crippen LogP) is 2.28. The Hall–Kier alpha value is -3.20. The van der Waals surface area contributed by atoms with Gasteiger partial charge in [-0.15, -0.1) is 4.09 Å². The molecule has 0 unspecified atom stereocenters. The van der Waals surface area contributed by atoms with Gasteiger partial charge in [0.1, 0.15) is 5.82 Å². The van der Waals surface area contributed by atoms with Gasteiger partial charge in [0.15, 0.2) is 0 Å². The fraction of sp³-hybridized carbons (Fsp3) is 0. The molecule has 0 bridgehead atoms. The standard InChI is InChI=1S/C15H12N4O4S/c16-15-10-14(11-4-2-1-3-5-11)17-18(15)24(22,23)13-8-6-12(7-9-13)19(20)21/h1-10H,16H2. The lowest BCUT2D eigenvalue weighted by molar-refractivity contribution is -0.384. The zero-order valence-electron chi connectivity index (χ0n) is 12.2. The molecule has 122 valence electrons. The fourth-order valence-electron chi connectivity index (χ4n) is 2.16. The molecule has 2 aromatic carbocycles. The van der Waals surface area contributed by atoms with Gasteiger partial charge in [0.25, 0.3) is 15.7 Å². The molecule has 0 aliphatic carbocycles. The summed E-state index contributed by atoms with van der Waals surface area (Å²) in [4.78, 5) is 9.92. The molecule has 9 heteroatoms. The SMILES string of the molecule is Nc1cc(-c2ccccc2)nn1S(=O)(=O)c1ccc([N+](=O)[O-])cc1. The smallest absolute Gasteiger partial charge is 0.284 e. The molecule has 0 atom stereocenters. The highest BCUT2D eigenvalue weighted by Crippen LogP contribution is 2.24. The molecule has 3 aromatic rings. The van der Waals surface area contributed by atoms with Gasteiger partial charge in [-0.3, -0.25) is 10.1 Å². The van der Waals surface area contributed by atoms with E-state index in [9.17, 15) is 18.5 Å². The Kier molecular flexibility index (Phi) is 3.78. The average molecular weight is 344 g/mol. The van der Waals surface area contributed by atoms with Crippen molar-refractivity contribution < 1.29 is 13.3 Å². The molecule has 0 saturated heterocycles. The Labute approximate surface area is 137 Å². The molecule has 2 N–H and O–H groups in total. The molecule has 1 heterocycles. The summed E-state index contributed by atoms with van der Waals surface area (Å²) >= 11 is 0. The first kappa shape index (κ1) is 15.7. The monoisotopic (exact) mass is 344 g/mol. The van der Waals surface area contributed by atoms with Crippen molar-refractivity contribution in [2.75, 3.05) is 5.73 Å². The van der Waals surface area contributed by atoms with Crippen LogP contribution in [0.15, 0.2) is 65.6 Å². The number of anilines is 1. The van der Waals surface area contributed by atoms with Crippen LogP contribution in [0.4, 0.5) is 11.5 Å². The molecule has 0 fully saturated rings. The highest BCUT2D eigenvalue weighted by molar-refractivity contribution is 7.90. The van der Waals surface area contributed by atoms with Crippen molar-refractivity contribution in [2.45, 2.75) is 4.90 Å². The van der Waals surface area contributed by atoms with E-state index < -0.39 is 14.9 Å². The van der Waals surface area contributed by atoms with E-state index in [0.29, 0.717) is 5.69 Å². The summed E-state index contributed by atoms with van der Waals surface area (Å²) in [5.74, 6) is -0.0489. The van der Waals surface area contributed by atoms with Crippen LogP contribution in [0.5, 0.6) is 0 Å². The van der Waals surface area contributed by atoms with Crippen LogP contribution < -0.4 is 5.73 Å². The lowest BCUT2D eigenvalue weighted by Gasteiger charge is -2.05. The number of aromatic nitrogens is 2. The number of hydrogen-bond donors (Lipinski definition) is 1. The lowest BCUT2D eigenvalue weighted by atomic mass is 10.2. The molecule has 0 amide bonds. The Balaban J connectivity index is 2.04. The summed E-state index contributed by atoms with van der Waals surface area (Å²) in [5, 5.41) is 14.7. The van der Waals surface area contributed by atoms with Crippen molar-refractivity contribution >= 4 is 21.5 Å². The number of benzene rings is 2. The minimum Gasteiger partial charge on any atom is -0.383 e. The highest BCUT2D eigenvalue weighted by Gasteiger charge is 2.22. The van der Waals surface area contributed by atoms with Crippen LogP contribution in [0, 0.1) is 10.1 Å². The van der Waals surface area contributed by atoms with Gasteiger partial charge in [-0.05, 0) is 12.1 Å². The number of nitro benzene ring substituents is 1. The maximum Gasteiger partial charge on any atom is 0.284 e. The van der Waals surface area contributed by atoms with E-state index in [0.717, 1.165) is 33.9 Å². The lowest BCUT2D eigenvalue weighted by Crippen LogP contribution is -2.16. The van der Waals surface area contributed by atoms with Crippen LogP contribution in [-0.2, 0) is 10.0 Å². The molecule has 0 aliphatic rings. The number of rotatable bonds is 4. The zero-order valence-corrected chi connectivity index (χ0v) is 13.1. The summed E-state index contributed by atoms with van der Waals surface area (Å²) in [6.45, 7) is 0. The van der Waals surface area contributed by atoms with Gasteiger partial charge in [0.05, 0.1) is 15.5 Å². The molecule has 8 nitrogen and oxygen atoms in total. The summed E-state index contributed by atoms with van der Waals surface area (Å²) in [6.07, 6.45) is 0. The van der Waals surface area contributed by atoms with Crippen molar-refractivity contribution in [3.8, 4) is 11.3 Å². The van der Waals surface area contributed by atoms with Crippen molar-refractivity contribution in [3.63, 3.8) is 0 Å². The molecule has 0 spiro atoms. The Morgan fingerprint density at radius 1 is 1.04 bits per heavy atom. The number of nitrogens with two attached hydrogens (primary N) is 1. The number of hydrogen-bond acceptors (Lipinski definition) is 6. The van der Waals surface area contributed by atoms with E-state index in [1.54, 1.807) is 24.3 Å². The second-order valence-electron chi connectivity index (χ2n) is 4.92. The number of non-ortho nitro benzene ring substituents is 1. The molecule has 0 saturated carbocycles. The first-order chi connectivity index (χ1) is 11.4. The first-order valence-electron chi connectivity index (χ1n) is 6.80. The third-order valence-corrected chi connectivity index (χ3v) is 4.96. The molecule has 3 rings (SSSR count). The van der Waals surface area contributed by atoms with Crippen molar-refractivity contribution in [2.24, 2.45) is 0 Å². The quantitative estimate of drug-likeness (QED) is 0.572. The Bertz CT molecular complexity index is 996. The summed E-state index contributed by atoms with van der Waals surface area (Å²) in [5.41, 5.74) is 6.73. The van der Waals surface area contributed by atoms with E-state index in [1.807, 2.05) is 6.07 Å². The average Bonchev–Trinajstić information content (AvgIpc) is 2.98. The van der Waals surface area contributed by atoms with Gasteiger partial charge in [-0.2, -0.15) is 13.5 Å². The molecule has 1 aromatic heterocycles. The zero-order chi connectivity index (χ0) is 17.3. The second kappa shape index (κ2) is 5.78. The van der Waals surface area contributed by atoms with Crippen LogP contribution in [0.3, 0.4) is 0 Å². The van der Waals surface area contributed by atoms with Gasteiger partial charge in [0, 0.05) is 23.8 Å². The highest BCUT2D eigenvalue weighted by atomic mass is 32.2. The Morgan fingerprint density at radius 2 is 1.67 bits per heavy atom. The minimum atomic E-state index is -4.04. The van der Waals surface area contributed by atoms with Crippen LogP contribution in [0.2, 0.25) is 0 Å². The fourth-order valence-corrected chi connectivity index (χ4v) is 3.37. The van der Waals surface area contributed by atoms with Crippen LogP contribution in [-0.4, -0.2) is 22.5 Å². The first-order valence-corrected chi connectivity index (χ1v) is 8.24. The number of nitrogens with zero attached hydrogens (tertiary/aromatic N) is 3. The number of nitro groups is 1. The second-order valence-corrected chi connectivity index (χ2v) is 6.69. The van der Waals surface area contributed by atoms with E-state index in [1.165, 1.54) is 6.07 Å². The van der Waals surface area contributed by atoms with E-state index >= 15 is 0 Å². The van der Waals surface area contributed by atoms with E-state index in [2.05, 4.69) is 5.10 Å². The summed E-state index contributed by atoms with van der Waals surface area (Å²) < 4.78 is 26.0. The van der Waals surface area contributed by atoms with Crippen LogP contribution >= 0.6 is 0 Å². The summed E-state index contributed by atoms with van der Waals surface area (Å²) in [6, 6.07) is 15.0. The topological polar surface area (TPSA) is 121 Å². The van der Waals surface area contributed by atoms with Crippen LogP contribution in [0.1, 0.15) is 0 Å². The maximum absolute atomic E-state index is 12.6. The largest absolute Gasteiger partial charge is 0.383 e. The normalized spacial score (nSPS) is 11.3. The van der Waals surface area contributed by atoms with Gasteiger partial charge in [-0.1, -0.05) is 30.3 Å². The van der Waals surface area contributed by atoms with Crippen molar-refractivity contribution in [3.05, 3.63) is 70.8 Å². The summed E-state index contributed by atoms with van der Waals surface area (Å²) in [7, 11) is -4.04. The molecular formula is C15H12N4O4S. The molecule has 0 radical (unpaired) electrons. The third kappa shape index (κ3) is 2.72. The van der Waals surface area contributed by atoms with Gasteiger partial charge < -0.3 is 5.73 Å². The van der Waals surface area contributed by atoms with E-state index in [4.69, 9.17) is 5.73 Å². The number of nitrogen functional groups attached to an aromatic ring is 1.